The van der Waals surface area contributed by atoms with Gasteiger partial charge >= 0.3 is 6.18 Å². The van der Waals surface area contributed by atoms with E-state index < -0.39 is 17.3 Å². The van der Waals surface area contributed by atoms with E-state index in [1.165, 1.54) is 26.0 Å². The SMILES string of the molecule is CC(C)(O)CNc1cc(Br)ccc1C(F)(F)F. The van der Waals surface area contributed by atoms with E-state index in [1.54, 1.807) is 0 Å². The van der Waals surface area contributed by atoms with Gasteiger partial charge in [0.05, 0.1) is 11.2 Å². The maximum absolute atomic E-state index is 12.7. The van der Waals surface area contributed by atoms with Crippen LogP contribution in [0.4, 0.5) is 18.9 Å². The molecule has 6 heteroatoms. The van der Waals surface area contributed by atoms with Gasteiger partial charge in [-0.25, -0.2) is 0 Å². The average molecular weight is 312 g/mol. The highest BCUT2D eigenvalue weighted by molar-refractivity contribution is 9.10. The van der Waals surface area contributed by atoms with Crippen LogP contribution in [0.25, 0.3) is 0 Å². The Morgan fingerprint density at radius 1 is 1.29 bits per heavy atom. The van der Waals surface area contributed by atoms with E-state index in [9.17, 15) is 18.3 Å². The second-order valence-electron chi connectivity index (χ2n) is 4.35. The van der Waals surface area contributed by atoms with Gasteiger partial charge in [0, 0.05) is 16.7 Å². The lowest BCUT2D eigenvalue weighted by Gasteiger charge is -2.21. The van der Waals surface area contributed by atoms with Gasteiger partial charge in [-0.2, -0.15) is 13.2 Å². The molecule has 0 saturated carbocycles. The molecular weight excluding hydrogens is 299 g/mol. The Hall–Kier alpha value is -0.750. The molecule has 17 heavy (non-hydrogen) atoms. The lowest BCUT2D eigenvalue weighted by molar-refractivity contribution is -0.137. The Morgan fingerprint density at radius 2 is 1.88 bits per heavy atom. The summed E-state index contributed by atoms with van der Waals surface area (Å²) in [4.78, 5) is 0. The summed E-state index contributed by atoms with van der Waals surface area (Å²) in [6.07, 6.45) is -4.41. The van der Waals surface area contributed by atoms with Crippen LogP contribution in [0.15, 0.2) is 22.7 Å². The van der Waals surface area contributed by atoms with Crippen molar-refractivity contribution in [2.24, 2.45) is 0 Å². The van der Waals surface area contributed by atoms with E-state index in [4.69, 9.17) is 0 Å². The predicted molar refractivity (Wildman–Crippen MR) is 63.9 cm³/mol. The van der Waals surface area contributed by atoms with Gasteiger partial charge in [-0.05, 0) is 32.0 Å². The maximum atomic E-state index is 12.7. The number of aliphatic hydroxyl groups is 1. The fraction of sp³-hybridized carbons (Fsp3) is 0.455. The van der Waals surface area contributed by atoms with E-state index in [1.807, 2.05) is 0 Å². The summed E-state index contributed by atoms with van der Waals surface area (Å²) in [6, 6.07) is 3.67. The summed E-state index contributed by atoms with van der Waals surface area (Å²) in [5.41, 5.74) is -1.87. The molecule has 0 saturated heterocycles. The molecule has 0 unspecified atom stereocenters. The molecular formula is C11H13BrF3NO. The number of hydrogen-bond acceptors (Lipinski definition) is 2. The molecule has 0 atom stereocenters. The highest BCUT2D eigenvalue weighted by Crippen LogP contribution is 2.36. The van der Waals surface area contributed by atoms with E-state index in [2.05, 4.69) is 21.2 Å². The number of halogens is 4. The Morgan fingerprint density at radius 3 is 2.35 bits per heavy atom. The summed E-state index contributed by atoms with van der Waals surface area (Å²) < 4.78 is 38.6. The van der Waals surface area contributed by atoms with Crippen molar-refractivity contribution in [1.82, 2.24) is 0 Å². The molecule has 2 nitrogen and oxygen atoms in total. The van der Waals surface area contributed by atoms with Crippen LogP contribution in [0.2, 0.25) is 0 Å². The summed E-state index contributed by atoms with van der Waals surface area (Å²) in [5, 5.41) is 12.1. The summed E-state index contributed by atoms with van der Waals surface area (Å²) in [5.74, 6) is 0. The molecule has 0 aromatic heterocycles. The zero-order valence-electron chi connectivity index (χ0n) is 9.40. The van der Waals surface area contributed by atoms with Gasteiger partial charge in [0.2, 0.25) is 0 Å². The number of rotatable bonds is 3. The zero-order chi connectivity index (χ0) is 13.3. The zero-order valence-corrected chi connectivity index (χ0v) is 11.0. The van der Waals surface area contributed by atoms with Crippen LogP contribution in [0.1, 0.15) is 19.4 Å². The van der Waals surface area contributed by atoms with Gasteiger partial charge in [-0.3, -0.25) is 0 Å². The van der Waals surface area contributed by atoms with Crippen molar-refractivity contribution < 1.29 is 18.3 Å². The molecule has 0 aliphatic rings. The number of hydrogen-bond donors (Lipinski definition) is 2. The van der Waals surface area contributed by atoms with E-state index in [0.717, 1.165) is 6.07 Å². The van der Waals surface area contributed by atoms with Crippen molar-refractivity contribution in [3.63, 3.8) is 0 Å². The van der Waals surface area contributed by atoms with Crippen molar-refractivity contribution in [3.8, 4) is 0 Å². The summed E-state index contributed by atoms with van der Waals surface area (Å²) in [7, 11) is 0. The molecule has 96 valence electrons. The Labute approximate surface area is 106 Å². The van der Waals surface area contributed by atoms with Crippen molar-refractivity contribution in [3.05, 3.63) is 28.2 Å². The van der Waals surface area contributed by atoms with Gasteiger partial charge < -0.3 is 10.4 Å². The molecule has 0 spiro atoms. The minimum Gasteiger partial charge on any atom is -0.389 e. The fourth-order valence-electron chi connectivity index (χ4n) is 1.22. The monoisotopic (exact) mass is 311 g/mol. The third-order valence-electron chi connectivity index (χ3n) is 2.00. The lowest BCUT2D eigenvalue weighted by Crippen LogP contribution is -2.30. The van der Waals surface area contributed by atoms with Crippen molar-refractivity contribution in [1.29, 1.82) is 0 Å². The fourth-order valence-corrected chi connectivity index (χ4v) is 1.58. The molecule has 1 rings (SSSR count). The first-order valence-electron chi connectivity index (χ1n) is 4.92. The first kappa shape index (κ1) is 14.3. The molecule has 0 radical (unpaired) electrons. The van der Waals surface area contributed by atoms with Crippen molar-refractivity contribution in [2.45, 2.75) is 25.6 Å². The molecule has 1 aromatic carbocycles. The molecule has 1 aromatic rings. The highest BCUT2D eigenvalue weighted by Gasteiger charge is 2.33. The van der Waals surface area contributed by atoms with Crippen LogP contribution in [-0.2, 0) is 6.18 Å². The Kier molecular flexibility index (Phi) is 4.09. The first-order valence-corrected chi connectivity index (χ1v) is 5.72. The first-order chi connectivity index (χ1) is 7.59. The summed E-state index contributed by atoms with van der Waals surface area (Å²) >= 11 is 3.11. The standard InChI is InChI=1S/C11H13BrF3NO/c1-10(2,17)6-16-9-5-7(12)3-4-8(9)11(13,14)15/h3-5,16-17H,6H2,1-2H3. The molecule has 0 heterocycles. The van der Waals surface area contributed by atoms with Crippen molar-refractivity contribution >= 4 is 21.6 Å². The van der Waals surface area contributed by atoms with E-state index in [0.29, 0.717) is 4.47 Å². The lowest BCUT2D eigenvalue weighted by atomic mass is 10.1. The molecule has 0 aliphatic carbocycles. The Balaban J connectivity index is 3.00. The second kappa shape index (κ2) is 4.86. The predicted octanol–water partition coefficient (Wildman–Crippen LogP) is 3.65. The van der Waals surface area contributed by atoms with Crippen LogP contribution in [0.5, 0.6) is 0 Å². The number of alkyl halides is 3. The van der Waals surface area contributed by atoms with Crippen molar-refractivity contribution in [2.75, 3.05) is 11.9 Å². The molecule has 0 fully saturated rings. The van der Waals surface area contributed by atoms with Crippen LogP contribution in [-0.4, -0.2) is 17.3 Å². The maximum Gasteiger partial charge on any atom is 0.418 e. The van der Waals surface area contributed by atoms with E-state index >= 15 is 0 Å². The smallest absolute Gasteiger partial charge is 0.389 e. The van der Waals surface area contributed by atoms with Crippen LogP contribution < -0.4 is 5.32 Å². The Bertz CT molecular complexity index is 399. The normalized spacial score (nSPS) is 12.6. The largest absolute Gasteiger partial charge is 0.418 e. The molecule has 0 bridgehead atoms. The number of anilines is 1. The third kappa shape index (κ3) is 4.55. The van der Waals surface area contributed by atoms with Crippen LogP contribution in [0.3, 0.4) is 0 Å². The van der Waals surface area contributed by atoms with Crippen LogP contribution >= 0.6 is 15.9 Å². The number of nitrogens with one attached hydrogen (secondary N) is 1. The van der Waals surface area contributed by atoms with Crippen LogP contribution in [0, 0.1) is 0 Å². The third-order valence-corrected chi connectivity index (χ3v) is 2.49. The second-order valence-corrected chi connectivity index (χ2v) is 5.27. The van der Waals surface area contributed by atoms with Gasteiger partial charge in [-0.15, -0.1) is 0 Å². The van der Waals surface area contributed by atoms with Gasteiger partial charge in [0.1, 0.15) is 0 Å². The minimum atomic E-state index is -4.41. The summed E-state index contributed by atoms with van der Waals surface area (Å²) in [6.45, 7) is 3.07. The quantitative estimate of drug-likeness (QED) is 0.893. The molecule has 0 amide bonds. The minimum absolute atomic E-state index is 0.0343. The van der Waals surface area contributed by atoms with Gasteiger partial charge in [0.15, 0.2) is 0 Å². The van der Waals surface area contributed by atoms with Gasteiger partial charge in [-0.1, -0.05) is 15.9 Å². The van der Waals surface area contributed by atoms with Gasteiger partial charge in [0.25, 0.3) is 0 Å². The molecule has 2 N–H and O–H groups in total. The van der Waals surface area contributed by atoms with E-state index in [-0.39, 0.29) is 12.2 Å². The highest BCUT2D eigenvalue weighted by atomic mass is 79.9. The topological polar surface area (TPSA) is 32.3 Å². The molecule has 0 aliphatic heterocycles. The average Bonchev–Trinajstić information content (AvgIpc) is 2.11. The number of benzene rings is 1.